The minimum absolute atomic E-state index is 0.0926. The highest BCUT2D eigenvalue weighted by Crippen LogP contribution is 2.26. The summed E-state index contributed by atoms with van der Waals surface area (Å²) in [4.78, 5) is 25.4. The summed E-state index contributed by atoms with van der Waals surface area (Å²) >= 11 is 1.56. The number of rotatable bonds is 2. The Balaban J connectivity index is 1.44. The first-order chi connectivity index (χ1) is 11.8. The molecule has 2 fully saturated rings. The Bertz CT molecular complexity index is 679. The lowest BCUT2D eigenvalue weighted by Gasteiger charge is -2.37. The molecule has 2 aromatic heterocycles. The van der Waals surface area contributed by atoms with E-state index < -0.39 is 0 Å². The summed E-state index contributed by atoms with van der Waals surface area (Å²) in [6.07, 6.45) is 4.58. The quantitative estimate of drug-likeness (QED) is 0.833. The Kier molecular flexibility index (Phi) is 4.44. The highest BCUT2D eigenvalue weighted by molar-refractivity contribution is 7.08. The highest BCUT2D eigenvalue weighted by Gasteiger charge is 2.35. The van der Waals surface area contributed by atoms with E-state index >= 15 is 0 Å². The number of ether oxygens (including phenoxy) is 1. The van der Waals surface area contributed by atoms with Crippen molar-refractivity contribution in [2.75, 3.05) is 37.7 Å². The van der Waals surface area contributed by atoms with Gasteiger partial charge in [-0.1, -0.05) is 0 Å². The molecule has 7 heteroatoms. The van der Waals surface area contributed by atoms with E-state index in [1.54, 1.807) is 23.7 Å². The van der Waals surface area contributed by atoms with Crippen LogP contribution in [-0.2, 0) is 4.74 Å². The second kappa shape index (κ2) is 6.86. The van der Waals surface area contributed by atoms with Crippen LogP contribution in [0.1, 0.15) is 16.8 Å². The second-order valence-corrected chi connectivity index (χ2v) is 7.00. The van der Waals surface area contributed by atoms with Gasteiger partial charge < -0.3 is 14.5 Å². The molecule has 0 spiro atoms. The first kappa shape index (κ1) is 15.5. The number of hydrogen-bond acceptors (Lipinski definition) is 6. The molecule has 0 aliphatic carbocycles. The Morgan fingerprint density at radius 3 is 2.92 bits per heavy atom. The van der Waals surface area contributed by atoms with E-state index in [0.29, 0.717) is 19.1 Å². The molecule has 0 aromatic carbocycles. The first-order valence-electron chi connectivity index (χ1n) is 8.26. The van der Waals surface area contributed by atoms with Crippen LogP contribution in [0, 0.1) is 5.92 Å². The Labute approximate surface area is 145 Å². The number of thiophene rings is 1. The van der Waals surface area contributed by atoms with Gasteiger partial charge in [0.25, 0.3) is 5.91 Å². The number of hydrogen-bond donors (Lipinski definition) is 0. The lowest BCUT2D eigenvalue weighted by molar-refractivity contribution is -0.0169. The third kappa shape index (κ3) is 3.14. The average molecular weight is 344 g/mol. The van der Waals surface area contributed by atoms with Gasteiger partial charge >= 0.3 is 0 Å². The SMILES string of the molecule is O=C(c1ccsc1)N1CC[C@@H]2CN(c3ncccn3)CCO[C@@H]2C1. The molecule has 1 amide bonds. The van der Waals surface area contributed by atoms with Crippen molar-refractivity contribution in [1.82, 2.24) is 14.9 Å². The van der Waals surface area contributed by atoms with Crippen molar-refractivity contribution in [3.63, 3.8) is 0 Å². The van der Waals surface area contributed by atoms with Gasteiger partial charge in [0.1, 0.15) is 0 Å². The molecule has 126 valence electrons. The first-order valence-corrected chi connectivity index (χ1v) is 9.20. The maximum Gasteiger partial charge on any atom is 0.254 e. The maximum absolute atomic E-state index is 12.6. The Hall–Kier alpha value is -1.99. The average Bonchev–Trinajstić information content (AvgIpc) is 3.08. The predicted octanol–water partition coefficient (Wildman–Crippen LogP) is 1.91. The van der Waals surface area contributed by atoms with E-state index in [4.69, 9.17) is 4.74 Å². The summed E-state index contributed by atoms with van der Waals surface area (Å²) in [6, 6.07) is 3.72. The molecule has 0 N–H and O–H groups in total. The van der Waals surface area contributed by atoms with Crippen LogP contribution in [0.25, 0.3) is 0 Å². The van der Waals surface area contributed by atoms with Crippen LogP contribution in [0.3, 0.4) is 0 Å². The summed E-state index contributed by atoms with van der Waals surface area (Å²) in [7, 11) is 0. The molecule has 4 rings (SSSR count). The lowest BCUT2D eigenvalue weighted by atomic mass is 9.93. The summed E-state index contributed by atoms with van der Waals surface area (Å²) in [5.41, 5.74) is 0.784. The minimum atomic E-state index is 0.0926. The number of carbonyl (C=O) groups excluding carboxylic acids is 1. The van der Waals surface area contributed by atoms with Crippen molar-refractivity contribution in [3.05, 3.63) is 40.8 Å². The fourth-order valence-corrected chi connectivity index (χ4v) is 4.07. The third-order valence-electron chi connectivity index (χ3n) is 4.73. The van der Waals surface area contributed by atoms with Crippen LogP contribution in [0.5, 0.6) is 0 Å². The topological polar surface area (TPSA) is 58.6 Å². The maximum atomic E-state index is 12.6. The van der Waals surface area contributed by atoms with Crippen molar-refractivity contribution in [2.45, 2.75) is 12.5 Å². The molecule has 2 aromatic rings. The van der Waals surface area contributed by atoms with E-state index in [0.717, 1.165) is 37.6 Å². The van der Waals surface area contributed by atoms with Crippen molar-refractivity contribution in [2.24, 2.45) is 5.92 Å². The molecule has 0 unspecified atom stereocenters. The largest absolute Gasteiger partial charge is 0.374 e. The fourth-order valence-electron chi connectivity index (χ4n) is 3.44. The van der Waals surface area contributed by atoms with E-state index in [1.165, 1.54) is 0 Å². The number of anilines is 1. The van der Waals surface area contributed by atoms with Gasteiger partial charge in [0, 0.05) is 49.9 Å². The zero-order chi connectivity index (χ0) is 16.4. The molecule has 6 nitrogen and oxygen atoms in total. The van der Waals surface area contributed by atoms with Crippen molar-refractivity contribution < 1.29 is 9.53 Å². The normalized spacial score (nSPS) is 24.3. The molecule has 0 bridgehead atoms. The van der Waals surface area contributed by atoms with Crippen LogP contribution in [-0.4, -0.2) is 59.7 Å². The molecular formula is C17H20N4O2S. The van der Waals surface area contributed by atoms with Crippen molar-refractivity contribution in [1.29, 1.82) is 0 Å². The number of nitrogens with zero attached hydrogens (tertiary/aromatic N) is 4. The van der Waals surface area contributed by atoms with Gasteiger partial charge in [-0.25, -0.2) is 9.97 Å². The van der Waals surface area contributed by atoms with Gasteiger partial charge in [0.15, 0.2) is 0 Å². The van der Waals surface area contributed by atoms with Gasteiger partial charge in [0.2, 0.25) is 5.95 Å². The van der Waals surface area contributed by atoms with E-state index in [1.807, 2.05) is 27.8 Å². The van der Waals surface area contributed by atoms with Gasteiger partial charge in [-0.2, -0.15) is 11.3 Å². The highest BCUT2D eigenvalue weighted by atomic mass is 32.1. The molecule has 0 radical (unpaired) electrons. The molecule has 24 heavy (non-hydrogen) atoms. The van der Waals surface area contributed by atoms with Crippen LogP contribution < -0.4 is 4.90 Å². The number of likely N-dealkylation sites (tertiary alicyclic amines) is 1. The molecule has 2 atom stereocenters. The van der Waals surface area contributed by atoms with Gasteiger partial charge in [-0.3, -0.25) is 4.79 Å². The summed E-state index contributed by atoms with van der Waals surface area (Å²) in [6.45, 7) is 3.76. The van der Waals surface area contributed by atoms with E-state index in [9.17, 15) is 4.79 Å². The zero-order valence-corrected chi connectivity index (χ0v) is 14.2. The monoisotopic (exact) mass is 344 g/mol. The smallest absolute Gasteiger partial charge is 0.254 e. The summed E-state index contributed by atoms with van der Waals surface area (Å²) < 4.78 is 6.07. The third-order valence-corrected chi connectivity index (χ3v) is 5.42. The van der Waals surface area contributed by atoms with Crippen LogP contribution in [0.15, 0.2) is 35.3 Å². The number of piperidine rings is 1. The molecular weight excluding hydrogens is 324 g/mol. The fraction of sp³-hybridized carbons (Fsp3) is 0.471. The van der Waals surface area contributed by atoms with E-state index in [2.05, 4.69) is 14.9 Å². The van der Waals surface area contributed by atoms with Crippen molar-refractivity contribution in [3.8, 4) is 0 Å². The molecule has 4 heterocycles. The minimum Gasteiger partial charge on any atom is -0.374 e. The second-order valence-electron chi connectivity index (χ2n) is 6.22. The van der Waals surface area contributed by atoms with Gasteiger partial charge in [-0.05, 0) is 23.9 Å². The van der Waals surface area contributed by atoms with E-state index in [-0.39, 0.29) is 12.0 Å². The zero-order valence-electron chi connectivity index (χ0n) is 13.4. The number of aromatic nitrogens is 2. The Morgan fingerprint density at radius 2 is 2.12 bits per heavy atom. The number of amides is 1. The van der Waals surface area contributed by atoms with Crippen molar-refractivity contribution >= 4 is 23.2 Å². The summed E-state index contributed by atoms with van der Waals surface area (Å²) in [5, 5.41) is 3.86. The summed E-state index contributed by atoms with van der Waals surface area (Å²) in [5.74, 6) is 1.28. The van der Waals surface area contributed by atoms with Gasteiger partial charge in [0.05, 0.1) is 18.3 Å². The van der Waals surface area contributed by atoms with Crippen LogP contribution in [0.2, 0.25) is 0 Å². The van der Waals surface area contributed by atoms with Gasteiger partial charge in [-0.15, -0.1) is 0 Å². The standard InChI is InChI=1S/C17H20N4O2S/c22-16(14-3-9-24-12-14)20-6-2-13-10-21(7-8-23-15(13)11-20)17-18-4-1-5-19-17/h1,3-5,9,12-13,15H,2,6-8,10-11H2/t13-,15-/m1/s1. The van der Waals surface area contributed by atoms with Crippen LogP contribution >= 0.6 is 11.3 Å². The molecule has 2 aliphatic rings. The number of carbonyl (C=O) groups is 1. The molecule has 0 saturated carbocycles. The Morgan fingerprint density at radius 1 is 1.25 bits per heavy atom. The number of fused-ring (bicyclic) bond motifs is 1. The molecule has 2 saturated heterocycles. The lowest BCUT2D eigenvalue weighted by Crippen LogP contribution is -2.49. The predicted molar refractivity (Wildman–Crippen MR) is 92.3 cm³/mol. The molecule has 2 aliphatic heterocycles. The van der Waals surface area contributed by atoms with Crippen LogP contribution in [0.4, 0.5) is 5.95 Å².